The van der Waals surface area contributed by atoms with Crippen LogP contribution >= 0.6 is 0 Å². The number of aliphatic hydroxyl groups is 1. The molecule has 0 aliphatic heterocycles. The van der Waals surface area contributed by atoms with Crippen LogP contribution in [0.25, 0.3) is 0 Å². The number of carbonyl (C=O) groups excluding carboxylic acids is 1. The summed E-state index contributed by atoms with van der Waals surface area (Å²) in [7, 11) is 0. The van der Waals surface area contributed by atoms with Crippen LogP contribution in [0.2, 0.25) is 0 Å². The molecular formula is C14H13F2NO2. The van der Waals surface area contributed by atoms with Gasteiger partial charge in [0.1, 0.15) is 18.9 Å². The molecule has 0 bridgehead atoms. The second-order valence-electron chi connectivity index (χ2n) is 5.06. The Morgan fingerprint density at radius 3 is 2.68 bits per heavy atom. The monoisotopic (exact) mass is 265 g/mol. The molecule has 0 aromatic carbocycles. The molecule has 3 aliphatic carbocycles. The first kappa shape index (κ1) is 12.3. The molecule has 0 aromatic rings. The molecule has 0 radical (unpaired) electrons. The second-order valence-corrected chi connectivity index (χ2v) is 5.06. The van der Waals surface area contributed by atoms with E-state index in [1.165, 1.54) is 11.1 Å². The molecule has 19 heavy (non-hydrogen) atoms. The van der Waals surface area contributed by atoms with E-state index in [9.17, 15) is 13.6 Å². The number of aliphatic hydroxyl groups excluding tert-OH is 1. The molecule has 1 saturated carbocycles. The van der Waals surface area contributed by atoms with E-state index in [0.717, 1.165) is 17.6 Å². The summed E-state index contributed by atoms with van der Waals surface area (Å²) >= 11 is 0. The Bertz CT molecular complexity index is 572. The average molecular weight is 265 g/mol. The zero-order valence-electron chi connectivity index (χ0n) is 10.2. The van der Waals surface area contributed by atoms with Crippen LogP contribution in [0, 0.1) is 0 Å². The summed E-state index contributed by atoms with van der Waals surface area (Å²) in [6.45, 7) is -3.06. The lowest BCUT2D eigenvalue weighted by molar-refractivity contribution is -0.120. The second kappa shape index (κ2) is 4.13. The molecule has 1 amide bonds. The van der Waals surface area contributed by atoms with Gasteiger partial charge >= 0.3 is 0 Å². The molecule has 0 spiro atoms. The van der Waals surface area contributed by atoms with Crippen molar-refractivity contribution in [2.75, 3.05) is 20.0 Å². The molecule has 0 saturated heterocycles. The molecule has 3 nitrogen and oxygen atoms in total. The molecule has 0 aromatic heterocycles. The summed E-state index contributed by atoms with van der Waals surface area (Å²) in [6, 6.07) is 0. The molecule has 0 unspecified atom stereocenters. The Morgan fingerprint density at radius 1 is 1.32 bits per heavy atom. The van der Waals surface area contributed by atoms with E-state index in [1.54, 1.807) is 6.08 Å². The molecule has 0 atom stereocenters. The zero-order chi connectivity index (χ0) is 13.6. The molecule has 3 aliphatic rings. The van der Waals surface area contributed by atoms with Gasteiger partial charge in [-0.3, -0.25) is 4.79 Å². The minimum Gasteiger partial charge on any atom is -0.394 e. The number of hydrogen-bond acceptors (Lipinski definition) is 2. The van der Waals surface area contributed by atoms with Crippen LogP contribution in [0.1, 0.15) is 6.42 Å². The van der Waals surface area contributed by atoms with Crippen LogP contribution in [0.4, 0.5) is 8.78 Å². The minimum absolute atomic E-state index is 0.405. The first-order valence-corrected chi connectivity index (χ1v) is 6.06. The van der Waals surface area contributed by atoms with Gasteiger partial charge in [-0.05, 0) is 40.9 Å². The maximum absolute atomic E-state index is 12.8. The van der Waals surface area contributed by atoms with Crippen molar-refractivity contribution in [1.29, 1.82) is 0 Å². The number of halogens is 2. The Balaban J connectivity index is 1.83. The van der Waals surface area contributed by atoms with E-state index in [4.69, 9.17) is 5.11 Å². The van der Waals surface area contributed by atoms with Crippen molar-refractivity contribution < 1.29 is 18.7 Å². The fraction of sp³-hybridized carbons (Fsp3) is 0.357. The van der Waals surface area contributed by atoms with E-state index in [0.29, 0.717) is 5.57 Å². The number of amides is 1. The molecule has 5 heteroatoms. The van der Waals surface area contributed by atoms with Gasteiger partial charge in [-0.2, -0.15) is 0 Å². The highest BCUT2D eigenvalue weighted by Crippen LogP contribution is 2.51. The van der Waals surface area contributed by atoms with Crippen molar-refractivity contribution >= 4 is 5.91 Å². The molecule has 2 N–H and O–H groups in total. The van der Waals surface area contributed by atoms with Gasteiger partial charge in [0.2, 0.25) is 0 Å². The van der Waals surface area contributed by atoms with Crippen molar-refractivity contribution in [1.82, 2.24) is 5.32 Å². The highest BCUT2D eigenvalue weighted by Gasteiger charge is 2.38. The van der Waals surface area contributed by atoms with Crippen molar-refractivity contribution in [3.05, 3.63) is 46.1 Å². The third kappa shape index (κ3) is 1.76. The predicted octanol–water partition coefficient (Wildman–Crippen LogP) is 1.28. The van der Waals surface area contributed by atoms with Gasteiger partial charge in [-0.1, -0.05) is 6.08 Å². The summed E-state index contributed by atoms with van der Waals surface area (Å²) in [4.78, 5) is 12.1. The van der Waals surface area contributed by atoms with Gasteiger partial charge in [0.05, 0.1) is 6.61 Å². The number of nitrogens with one attached hydrogen (secondary N) is 1. The van der Waals surface area contributed by atoms with E-state index in [-0.39, 0.29) is 0 Å². The zero-order valence-corrected chi connectivity index (χ0v) is 10.2. The van der Waals surface area contributed by atoms with E-state index >= 15 is 0 Å². The van der Waals surface area contributed by atoms with Gasteiger partial charge in [0.15, 0.2) is 0 Å². The summed E-state index contributed by atoms with van der Waals surface area (Å²) in [5, 5.41) is 11.3. The fourth-order valence-corrected chi connectivity index (χ4v) is 2.37. The standard InChI is InChI=1S/C14H13F2NO2/c15-5-14(6-16,7-18)17-13(19)10-2-1-9-11-3-8(11)4-12(9)10/h1-2,4,18H,3,5-7H2,(H,17,19). The van der Waals surface area contributed by atoms with Crippen LogP contribution in [-0.4, -0.2) is 36.5 Å². The third-order valence-electron chi connectivity index (χ3n) is 3.71. The van der Waals surface area contributed by atoms with Gasteiger partial charge < -0.3 is 10.4 Å². The van der Waals surface area contributed by atoms with Crippen molar-refractivity contribution in [3.8, 4) is 0 Å². The summed E-state index contributed by atoms with van der Waals surface area (Å²) in [5.41, 5.74) is 2.90. The Morgan fingerprint density at radius 2 is 2.05 bits per heavy atom. The predicted molar refractivity (Wildman–Crippen MR) is 65.8 cm³/mol. The van der Waals surface area contributed by atoms with Gasteiger partial charge in [0.25, 0.3) is 5.91 Å². The molecule has 3 rings (SSSR count). The highest BCUT2D eigenvalue weighted by molar-refractivity contribution is 6.02. The molecule has 0 heterocycles. The first-order valence-electron chi connectivity index (χ1n) is 6.06. The largest absolute Gasteiger partial charge is 0.394 e. The van der Waals surface area contributed by atoms with Crippen molar-refractivity contribution in [2.45, 2.75) is 12.0 Å². The van der Waals surface area contributed by atoms with Crippen LogP contribution in [0.15, 0.2) is 46.1 Å². The normalized spacial score (nSPS) is 19.6. The lowest BCUT2D eigenvalue weighted by Gasteiger charge is -2.26. The van der Waals surface area contributed by atoms with Crippen LogP contribution in [0.5, 0.6) is 0 Å². The van der Waals surface area contributed by atoms with Gasteiger partial charge in [-0.15, -0.1) is 0 Å². The van der Waals surface area contributed by atoms with Crippen molar-refractivity contribution in [3.63, 3.8) is 0 Å². The van der Waals surface area contributed by atoms with E-state index < -0.39 is 31.4 Å². The van der Waals surface area contributed by atoms with Crippen LogP contribution in [0.3, 0.4) is 0 Å². The third-order valence-corrected chi connectivity index (χ3v) is 3.71. The van der Waals surface area contributed by atoms with Crippen molar-refractivity contribution in [2.24, 2.45) is 0 Å². The number of hydrogen-bond donors (Lipinski definition) is 2. The van der Waals surface area contributed by atoms with Gasteiger partial charge in [0, 0.05) is 5.57 Å². The Hall–Kier alpha value is -1.75. The minimum atomic E-state index is -1.83. The number of fused-ring (bicyclic) bond motifs is 2. The maximum atomic E-state index is 12.8. The lowest BCUT2D eigenvalue weighted by atomic mass is 10.0. The molecule has 100 valence electrons. The number of carbonyl (C=O) groups is 1. The Labute approximate surface area is 109 Å². The number of rotatable bonds is 5. The van der Waals surface area contributed by atoms with E-state index in [2.05, 4.69) is 5.32 Å². The van der Waals surface area contributed by atoms with Crippen LogP contribution < -0.4 is 5.32 Å². The maximum Gasteiger partial charge on any atom is 0.252 e. The topological polar surface area (TPSA) is 49.3 Å². The quantitative estimate of drug-likeness (QED) is 0.786. The molecular weight excluding hydrogens is 252 g/mol. The first-order chi connectivity index (χ1) is 9.14. The lowest BCUT2D eigenvalue weighted by Crippen LogP contribution is -2.55. The Kier molecular flexibility index (Phi) is 2.67. The fourth-order valence-electron chi connectivity index (χ4n) is 2.37. The highest BCUT2D eigenvalue weighted by atomic mass is 19.1. The summed E-state index contributed by atoms with van der Waals surface area (Å²) < 4.78 is 25.7. The number of alkyl halides is 2. The van der Waals surface area contributed by atoms with Crippen LogP contribution in [-0.2, 0) is 4.79 Å². The average Bonchev–Trinajstić information content (AvgIpc) is 2.92. The molecule has 1 fully saturated rings. The smallest absolute Gasteiger partial charge is 0.252 e. The summed E-state index contributed by atoms with van der Waals surface area (Å²) in [5.74, 6) is -0.552. The van der Waals surface area contributed by atoms with Gasteiger partial charge in [-0.25, -0.2) is 8.78 Å². The number of allylic oxidation sites excluding steroid dienone is 6. The summed E-state index contributed by atoms with van der Waals surface area (Å²) in [6.07, 6.45) is 6.40. The SMILES string of the molecule is O=C(NC(CO)(CF)CF)C1=C2C=C3CC3=C2C=C1. The van der Waals surface area contributed by atoms with E-state index in [1.807, 2.05) is 12.2 Å².